The Bertz CT molecular complexity index is 366. The molecule has 0 aromatic carbocycles. The fraction of sp³-hybridized carbons (Fsp3) is 0.500. The molecule has 1 aromatic heterocycles. The second-order valence-corrected chi connectivity index (χ2v) is 6.55. The van der Waals surface area contributed by atoms with Crippen molar-refractivity contribution in [3.8, 4) is 0 Å². The molecule has 1 N–H and O–H groups in total. The number of nitrogens with zero attached hydrogens (tertiary/aromatic N) is 1. The maximum absolute atomic E-state index is 12.1. The van der Waals surface area contributed by atoms with E-state index in [4.69, 9.17) is 0 Å². The van der Waals surface area contributed by atoms with Crippen LogP contribution in [-0.4, -0.2) is 36.5 Å². The molecule has 1 fully saturated rings. The number of halogens is 1. The molecule has 5 heteroatoms. The lowest BCUT2D eigenvalue weighted by molar-refractivity contribution is 0.0709. The molecule has 1 aliphatic rings. The van der Waals surface area contributed by atoms with Gasteiger partial charge in [-0.3, -0.25) is 4.79 Å². The lowest BCUT2D eigenvalue weighted by Crippen LogP contribution is -2.51. The number of hydrogen-bond donors (Lipinski definition) is 1. The first-order chi connectivity index (χ1) is 7.16. The van der Waals surface area contributed by atoms with Crippen LogP contribution in [0.25, 0.3) is 0 Å². The monoisotopic (exact) mass is 336 g/mol. The minimum absolute atomic E-state index is 0.169. The van der Waals surface area contributed by atoms with Crippen LogP contribution in [0.1, 0.15) is 17.3 Å². The molecule has 1 saturated heterocycles. The number of nitrogens with one attached hydrogen (secondary N) is 1. The quantitative estimate of drug-likeness (QED) is 0.793. The summed E-state index contributed by atoms with van der Waals surface area (Å²) in [7, 11) is 0. The van der Waals surface area contributed by atoms with Gasteiger partial charge in [0.1, 0.15) is 0 Å². The maximum atomic E-state index is 12.1. The standard InChI is InChI=1S/C10H13IN2OS/c1-7-5-13(3-2-12-7)10(14)8-4-9(11)15-6-8/h4,6-7,12H,2-3,5H2,1H3/t7-/m0/s1. The maximum Gasteiger partial charge on any atom is 0.254 e. The van der Waals surface area contributed by atoms with Crippen molar-refractivity contribution in [3.05, 3.63) is 19.9 Å². The molecule has 1 aromatic rings. The second-order valence-electron chi connectivity index (χ2n) is 3.75. The summed E-state index contributed by atoms with van der Waals surface area (Å²) in [4.78, 5) is 14.0. The van der Waals surface area contributed by atoms with Crippen LogP contribution in [0.15, 0.2) is 11.4 Å². The molecular formula is C10H13IN2OS. The number of rotatable bonds is 1. The highest BCUT2D eigenvalue weighted by molar-refractivity contribution is 14.1. The third-order valence-electron chi connectivity index (χ3n) is 2.47. The molecule has 0 unspecified atom stereocenters. The average Bonchev–Trinajstić information content (AvgIpc) is 2.64. The first kappa shape index (κ1) is 11.3. The summed E-state index contributed by atoms with van der Waals surface area (Å²) in [6.45, 7) is 4.63. The first-order valence-corrected chi connectivity index (χ1v) is 6.89. The summed E-state index contributed by atoms with van der Waals surface area (Å²) >= 11 is 3.87. The zero-order valence-electron chi connectivity index (χ0n) is 8.50. The average molecular weight is 336 g/mol. The Morgan fingerprint density at radius 2 is 2.53 bits per heavy atom. The molecule has 1 amide bonds. The summed E-state index contributed by atoms with van der Waals surface area (Å²) in [5.74, 6) is 0.169. The van der Waals surface area contributed by atoms with Crippen molar-refractivity contribution < 1.29 is 4.79 Å². The number of hydrogen-bond acceptors (Lipinski definition) is 3. The topological polar surface area (TPSA) is 32.3 Å². The normalized spacial score (nSPS) is 21.7. The van der Waals surface area contributed by atoms with Crippen molar-refractivity contribution >= 4 is 39.8 Å². The molecule has 15 heavy (non-hydrogen) atoms. The van der Waals surface area contributed by atoms with Gasteiger partial charge in [-0.05, 0) is 35.6 Å². The van der Waals surface area contributed by atoms with Crippen molar-refractivity contribution in [2.24, 2.45) is 0 Å². The highest BCUT2D eigenvalue weighted by atomic mass is 127. The minimum Gasteiger partial charge on any atom is -0.336 e. The summed E-state index contributed by atoms with van der Waals surface area (Å²) in [6.07, 6.45) is 0. The smallest absolute Gasteiger partial charge is 0.254 e. The molecule has 0 saturated carbocycles. The summed E-state index contributed by atoms with van der Waals surface area (Å²) in [5, 5.41) is 5.27. The van der Waals surface area contributed by atoms with Gasteiger partial charge in [-0.1, -0.05) is 0 Å². The lowest BCUT2D eigenvalue weighted by Gasteiger charge is -2.31. The van der Waals surface area contributed by atoms with E-state index in [2.05, 4.69) is 34.8 Å². The summed E-state index contributed by atoms with van der Waals surface area (Å²) in [6, 6.07) is 2.36. The van der Waals surface area contributed by atoms with E-state index in [1.165, 1.54) is 2.88 Å². The Morgan fingerprint density at radius 1 is 1.73 bits per heavy atom. The summed E-state index contributed by atoms with van der Waals surface area (Å²) in [5.41, 5.74) is 0.832. The minimum atomic E-state index is 0.169. The van der Waals surface area contributed by atoms with E-state index >= 15 is 0 Å². The zero-order chi connectivity index (χ0) is 10.8. The molecule has 0 aliphatic carbocycles. The van der Waals surface area contributed by atoms with Crippen LogP contribution in [0.2, 0.25) is 0 Å². The van der Waals surface area contributed by atoms with Crippen molar-refractivity contribution in [2.45, 2.75) is 13.0 Å². The van der Waals surface area contributed by atoms with E-state index in [-0.39, 0.29) is 5.91 Å². The molecule has 3 nitrogen and oxygen atoms in total. The molecular weight excluding hydrogens is 323 g/mol. The number of thiophene rings is 1. The molecule has 0 bridgehead atoms. The van der Waals surface area contributed by atoms with Gasteiger partial charge >= 0.3 is 0 Å². The van der Waals surface area contributed by atoms with Gasteiger partial charge in [0.2, 0.25) is 0 Å². The van der Waals surface area contributed by atoms with Gasteiger partial charge in [0.05, 0.1) is 8.45 Å². The van der Waals surface area contributed by atoms with Crippen molar-refractivity contribution in [1.29, 1.82) is 0 Å². The molecule has 1 aliphatic heterocycles. The van der Waals surface area contributed by atoms with E-state index < -0.39 is 0 Å². The van der Waals surface area contributed by atoms with E-state index in [9.17, 15) is 4.79 Å². The van der Waals surface area contributed by atoms with Crippen LogP contribution in [0.3, 0.4) is 0 Å². The number of carbonyl (C=O) groups excluding carboxylic acids is 1. The lowest BCUT2D eigenvalue weighted by atomic mass is 10.2. The fourth-order valence-electron chi connectivity index (χ4n) is 1.72. The molecule has 1 atom stereocenters. The highest BCUT2D eigenvalue weighted by Crippen LogP contribution is 2.18. The predicted octanol–water partition coefficient (Wildman–Crippen LogP) is 1.79. The molecule has 2 heterocycles. The van der Waals surface area contributed by atoms with Gasteiger partial charge in [-0.2, -0.15) is 0 Å². The van der Waals surface area contributed by atoms with E-state index in [0.29, 0.717) is 6.04 Å². The van der Waals surface area contributed by atoms with Crippen LogP contribution < -0.4 is 5.32 Å². The number of piperazine rings is 1. The Labute approximate surface area is 107 Å². The SMILES string of the molecule is C[C@H]1CN(C(=O)c2csc(I)c2)CCN1. The van der Waals surface area contributed by atoms with Gasteiger partial charge < -0.3 is 10.2 Å². The van der Waals surface area contributed by atoms with Crippen LogP contribution in [-0.2, 0) is 0 Å². The van der Waals surface area contributed by atoms with E-state index in [1.54, 1.807) is 11.3 Å². The summed E-state index contributed by atoms with van der Waals surface area (Å²) < 4.78 is 1.17. The molecule has 82 valence electrons. The van der Waals surface area contributed by atoms with Gasteiger partial charge in [-0.25, -0.2) is 0 Å². The number of carbonyl (C=O) groups is 1. The largest absolute Gasteiger partial charge is 0.336 e. The van der Waals surface area contributed by atoms with Gasteiger partial charge in [0.25, 0.3) is 5.91 Å². The Morgan fingerprint density at radius 3 is 3.13 bits per heavy atom. The van der Waals surface area contributed by atoms with E-state index in [1.807, 2.05) is 16.3 Å². The zero-order valence-corrected chi connectivity index (χ0v) is 11.5. The van der Waals surface area contributed by atoms with Gasteiger partial charge in [0, 0.05) is 31.1 Å². The van der Waals surface area contributed by atoms with Crippen molar-refractivity contribution in [3.63, 3.8) is 0 Å². The first-order valence-electron chi connectivity index (χ1n) is 4.93. The van der Waals surface area contributed by atoms with Gasteiger partial charge in [0.15, 0.2) is 0 Å². The van der Waals surface area contributed by atoms with E-state index in [0.717, 1.165) is 25.2 Å². The third kappa shape index (κ3) is 2.70. The third-order valence-corrected chi connectivity index (χ3v) is 4.26. The number of amides is 1. The molecule has 0 spiro atoms. The van der Waals surface area contributed by atoms with Gasteiger partial charge in [-0.15, -0.1) is 11.3 Å². The van der Waals surface area contributed by atoms with Crippen LogP contribution in [0.4, 0.5) is 0 Å². The van der Waals surface area contributed by atoms with Crippen LogP contribution >= 0.6 is 33.9 Å². The highest BCUT2D eigenvalue weighted by Gasteiger charge is 2.21. The van der Waals surface area contributed by atoms with Crippen molar-refractivity contribution in [1.82, 2.24) is 10.2 Å². The molecule has 0 radical (unpaired) electrons. The second kappa shape index (κ2) is 4.80. The predicted molar refractivity (Wildman–Crippen MR) is 70.4 cm³/mol. The van der Waals surface area contributed by atoms with Crippen molar-refractivity contribution in [2.75, 3.05) is 19.6 Å². The van der Waals surface area contributed by atoms with Crippen LogP contribution in [0, 0.1) is 2.88 Å². The van der Waals surface area contributed by atoms with Crippen LogP contribution in [0.5, 0.6) is 0 Å². The Kier molecular flexibility index (Phi) is 3.63. The Hall–Kier alpha value is -0.140. The Balaban J connectivity index is 2.07. The molecule has 2 rings (SSSR count). The fourth-order valence-corrected chi connectivity index (χ4v) is 3.04.